The highest BCUT2D eigenvalue weighted by Gasteiger charge is 2.25. The zero-order valence-corrected chi connectivity index (χ0v) is 14.9. The van der Waals surface area contributed by atoms with Crippen molar-refractivity contribution in [2.75, 3.05) is 38.0 Å². The Morgan fingerprint density at radius 3 is 2.38 bits per heavy atom. The molecule has 0 spiro atoms. The predicted molar refractivity (Wildman–Crippen MR) is 96.1 cm³/mol. The van der Waals surface area contributed by atoms with Gasteiger partial charge >= 0.3 is 0 Å². The van der Waals surface area contributed by atoms with Crippen LogP contribution in [0.3, 0.4) is 0 Å². The summed E-state index contributed by atoms with van der Waals surface area (Å²) in [7, 11) is 0. The number of amides is 1. The van der Waals surface area contributed by atoms with Gasteiger partial charge in [0.05, 0.1) is 0 Å². The molecule has 3 N–H and O–H groups in total. The van der Waals surface area contributed by atoms with Crippen LogP contribution in [0.25, 0.3) is 0 Å². The van der Waals surface area contributed by atoms with Crippen molar-refractivity contribution in [2.24, 2.45) is 0 Å². The van der Waals surface area contributed by atoms with Crippen LogP contribution in [0, 0.1) is 18.6 Å². The number of benzene rings is 2. The van der Waals surface area contributed by atoms with Crippen molar-refractivity contribution in [3.8, 4) is 0 Å². The van der Waals surface area contributed by atoms with Crippen LogP contribution >= 0.6 is 0 Å². The lowest BCUT2D eigenvalue weighted by molar-refractivity contribution is -1.02. The largest absolute Gasteiger partial charge is 0.322 e. The first-order valence-electron chi connectivity index (χ1n) is 8.98. The van der Waals surface area contributed by atoms with Crippen molar-refractivity contribution in [3.63, 3.8) is 0 Å². The summed E-state index contributed by atoms with van der Waals surface area (Å²) in [5, 5.41) is 2.64. The number of piperazine rings is 1. The molecule has 0 atom stereocenters. The van der Waals surface area contributed by atoms with Gasteiger partial charge in [-0.05, 0) is 24.6 Å². The van der Waals surface area contributed by atoms with Gasteiger partial charge < -0.3 is 15.1 Å². The van der Waals surface area contributed by atoms with Gasteiger partial charge in [-0.3, -0.25) is 4.79 Å². The maximum atomic E-state index is 13.2. The molecule has 138 valence electrons. The summed E-state index contributed by atoms with van der Waals surface area (Å²) in [6.07, 6.45) is 0. The maximum absolute atomic E-state index is 13.2. The van der Waals surface area contributed by atoms with Crippen molar-refractivity contribution in [3.05, 3.63) is 65.2 Å². The SMILES string of the molecule is Cc1ccccc1C[NH+]1CC[NH+](CC(=O)Nc2ccc(F)c(F)c2)CC1. The van der Waals surface area contributed by atoms with Crippen molar-refractivity contribution >= 4 is 11.6 Å². The maximum Gasteiger partial charge on any atom is 0.279 e. The predicted octanol–water partition coefficient (Wildman–Crippen LogP) is 0.195. The first kappa shape index (κ1) is 18.5. The number of hydrogen-bond donors (Lipinski definition) is 3. The fourth-order valence-electron chi connectivity index (χ4n) is 3.39. The zero-order chi connectivity index (χ0) is 18.5. The number of hydrogen-bond acceptors (Lipinski definition) is 1. The van der Waals surface area contributed by atoms with E-state index in [1.165, 1.54) is 27.0 Å². The summed E-state index contributed by atoms with van der Waals surface area (Å²) in [5.74, 6) is -2.04. The minimum Gasteiger partial charge on any atom is -0.322 e. The number of carbonyl (C=O) groups is 1. The Labute approximate surface area is 152 Å². The van der Waals surface area contributed by atoms with Gasteiger partial charge in [-0.15, -0.1) is 0 Å². The molecule has 1 amide bonds. The molecule has 4 nitrogen and oxygen atoms in total. The van der Waals surface area contributed by atoms with E-state index in [1.807, 2.05) is 0 Å². The van der Waals surface area contributed by atoms with Gasteiger partial charge in [0.25, 0.3) is 5.91 Å². The monoisotopic (exact) mass is 361 g/mol. The van der Waals surface area contributed by atoms with Gasteiger partial charge in [0.1, 0.15) is 32.7 Å². The van der Waals surface area contributed by atoms with Crippen LogP contribution in [-0.2, 0) is 11.3 Å². The Bertz CT molecular complexity index is 773. The number of carbonyl (C=O) groups excluding carboxylic acids is 1. The van der Waals surface area contributed by atoms with Gasteiger partial charge in [0, 0.05) is 17.3 Å². The third-order valence-electron chi connectivity index (χ3n) is 4.98. The summed E-state index contributed by atoms with van der Waals surface area (Å²) in [5.41, 5.74) is 2.99. The summed E-state index contributed by atoms with van der Waals surface area (Å²) >= 11 is 0. The molecule has 26 heavy (non-hydrogen) atoms. The van der Waals surface area contributed by atoms with Crippen molar-refractivity contribution in [1.82, 2.24) is 0 Å². The molecule has 1 fully saturated rings. The molecule has 3 rings (SSSR count). The molecule has 1 saturated heterocycles. The van der Waals surface area contributed by atoms with Crippen molar-refractivity contribution in [1.29, 1.82) is 0 Å². The molecule has 0 aromatic heterocycles. The van der Waals surface area contributed by atoms with Gasteiger partial charge in [0.15, 0.2) is 18.2 Å². The first-order chi connectivity index (χ1) is 12.5. The number of aryl methyl sites for hydroxylation is 1. The lowest BCUT2D eigenvalue weighted by Gasteiger charge is -2.29. The molecule has 2 aromatic rings. The van der Waals surface area contributed by atoms with E-state index in [1.54, 1.807) is 0 Å². The minimum atomic E-state index is -0.955. The van der Waals surface area contributed by atoms with Crippen molar-refractivity contribution in [2.45, 2.75) is 13.5 Å². The topological polar surface area (TPSA) is 38.0 Å². The highest BCUT2D eigenvalue weighted by atomic mass is 19.2. The Kier molecular flexibility index (Phi) is 5.96. The lowest BCUT2D eigenvalue weighted by atomic mass is 10.1. The Hall–Kier alpha value is -2.31. The molecule has 6 heteroatoms. The van der Waals surface area contributed by atoms with E-state index >= 15 is 0 Å². The van der Waals surface area contributed by atoms with Crippen LogP contribution in [0.4, 0.5) is 14.5 Å². The Balaban J connectivity index is 1.45. The summed E-state index contributed by atoms with van der Waals surface area (Å²) in [6.45, 7) is 7.37. The molecule has 2 aromatic carbocycles. The minimum absolute atomic E-state index is 0.173. The van der Waals surface area contributed by atoms with E-state index < -0.39 is 11.6 Å². The number of halogens is 2. The second-order valence-corrected chi connectivity index (χ2v) is 6.96. The van der Waals surface area contributed by atoms with Crippen LogP contribution in [0.15, 0.2) is 42.5 Å². The average molecular weight is 361 g/mol. The smallest absolute Gasteiger partial charge is 0.279 e. The van der Waals surface area contributed by atoms with E-state index in [2.05, 4.69) is 36.5 Å². The van der Waals surface area contributed by atoms with Crippen LogP contribution in [-0.4, -0.2) is 38.6 Å². The molecular weight excluding hydrogens is 336 g/mol. The van der Waals surface area contributed by atoms with Crippen LogP contribution in [0.2, 0.25) is 0 Å². The normalized spacial score (nSPS) is 20.0. The van der Waals surface area contributed by atoms with E-state index in [9.17, 15) is 13.6 Å². The Morgan fingerprint density at radius 1 is 1.00 bits per heavy atom. The van der Waals surface area contributed by atoms with E-state index in [4.69, 9.17) is 0 Å². The van der Waals surface area contributed by atoms with Gasteiger partial charge in [-0.2, -0.15) is 0 Å². The quantitative estimate of drug-likeness (QED) is 0.699. The molecule has 0 bridgehead atoms. The second-order valence-electron chi connectivity index (χ2n) is 6.96. The second kappa shape index (κ2) is 8.38. The van der Waals surface area contributed by atoms with E-state index in [0.29, 0.717) is 6.54 Å². The lowest BCUT2D eigenvalue weighted by Crippen LogP contribution is -3.28. The van der Waals surface area contributed by atoms with Gasteiger partial charge in [-0.1, -0.05) is 24.3 Å². The number of rotatable bonds is 5. The third kappa shape index (κ3) is 4.86. The molecule has 1 aliphatic heterocycles. The molecule has 0 aliphatic carbocycles. The molecule has 1 heterocycles. The highest BCUT2D eigenvalue weighted by Crippen LogP contribution is 2.12. The van der Waals surface area contributed by atoms with Crippen LogP contribution < -0.4 is 15.1 Å². The van der Waals surface area contributed by atoms with Crippen LogP contribution in [0.1, 0.15) is 11.1 Å². The summed E-state index contributed by atoms with van der Waals surface area (Å²) < 4.78 is 26.1. The summed E-state index contributed by atoms with van der Waals surface area (Å²) in [6, 6.07) is 11.8. The number of quaternary nitrogens is 2. The van der Waals surface area contributed by atoms with Crippen molar-refractivity contribution < 1.29 is 23.4 Å². The number of nitrogens with one attached hydrogen (secondary N) is 3. The molecule has 1 aliphatic rings. The standard InChI is InChI=1S/C20H23F2N3O/c1-15-4-2-3-5-16(15)13-24-8-10-25(11-9-24)14-20(26)23-17-6-7-18(21)19(22)12-17/h2-7,12H,8-11,13-14H2,1H3,(H,23,26)/p+2. The highest BCUT2D eigenvalue weighted by molar-refractivity contribution is 5.91. The van der Waals surface area contributed by atoms with Gasteiger partial charge in [-0.25, -0.2) is 8.78 Å². The fraction of sp³-hybridized carbons (Fsp3) is 0.350. The third-order valence-corrected chi connectivity index (χ3v) is 4.98. The first-order valence-corrected chi connectivity index (χ1v) is 8.98. The fourth-order valence-corrected chi connectivity index (χ4v) is 3.39. The molecule has 0 saturated carbocycles. The average Bonchev–Trinajstić information content (AvgIpc) is 2.62. The Morgan fingerprint density at radius 2 is 1.69 bits per heavy atom. The van der Waals surface area contributed by atoms with E-state index in [0.717, 1.165) is 44.9 Å². The summed E-state index contributed by atoms with van der Waals surface area (Å²) in [4.78, 5) is 14.9. The molecular formula is C20H25F2N3O+2. The number of anilines is 1. The van der Waals surface area contributed by atoms with E-state index in [-0.39, 0.29) is 11.6 Å². The van der Waals surface area contributed by atoms with Gasteiger partial charge in [0.2, 0.25) is 0 Å². The molecule has 0 unspecified atom stereocenters. The molecule has 0 radical (unpaired) electrons. The van der Waals surface area contributed by atoms with Crippen LogP contribution in [0.5, 0.6) is 0 Å². The zero-order valence-electron chi connectivity index (χ0n) is 14.9.